The first-order valence-corrected chi connectivity index (χ1v) is 7.32. The minimum absolute atomic E-state index is 0.0905. The molecule has 0 bridgehead atoms. The van der Waals surface area contributed by atoms with Crippen LogP contribution in [0.3, 0.4) is 0 Å². The zero-order valence-corrected chi connectivity index (χ0v) is 14.6. The van der Waals surface area contributed by atoms with Gasteiger partial charge in [0.1, 0.15) is 6.29 Å². The Morgan fingerprint density at radius 2 is 1.68 bits per heavy atom. The molecule has 0 aromatic rings. The summed E-state index contributed by atoms with van der Waals surface area (Å²) < 4.78 is 0.935. The van der Waals surface area contributed by atoms with Crippen molar-refractivity contribution in [2.24, 2.45) is 16.7 Å². The van der Waals surface area contributed by atoms with Crippen molar-refractivity contribution in [1.29, 1.82) is 0 Å². The third-order valence-corrected chi connectivity index (χ3v) is 4.43. The molecule has 1 rings (SSSR count). The topological polar surface area (TPSA) is 46.3 Å². The molecule has 0 saturated heterocycles. The third kappa shape index (κ3) is 2.95. The first-order valence-electron chi connectivity index (χ1n) is 6.53. The summed E-state index contributed by atoms with van der Waals surface area (Å²) in [6, 6.07) is -0.111. The van der Waals surface area contributed by atoms with Gasteiger partial charge in [-0.3, -0.25) is 4.79 Å². The van der Waals surface area contributed by atoms with Crippen molar-refractivity contribution < 1.29 is 4.79 Å². The fourth-order valence-corrected chi connectivity index (χ4v) is 3.68. The molecule has 1 aliphatic rings. The van der Waals surface area contributed by atoms with E-state index in [1.54, 1.807) is 5.01 Å². The number of hydrogen-bond acceptors (Lipinski definition) is 3. The summed E-state index contributed by atoms with van der Waals surface area (Å²) in [6.07, 6.45) is 0.936. The molecule has 0 saturated carbocycles. The van der Waals surface area contributed by atoms with Gasteiger partial charge in [0.2, 0.25) is 0 Å². The molecular weight excluding hydrogens is 304 g/mol. The molecule has 0 aliphatic carbocycles. The quantitative estimate of drug-likeness (QED) is 0.588. The molecular formula is C15H25BrN2O. The summed E-state index contributed by atoms with van der Waals surface area (Å²) in [5.41, 5.74) is 2.58. The van der Waals surface area contributed by atoms with Gasteiger partial charge in [0.25, 0.3) is 0 Å². The van der Waals surface area contributed by atoms with E-state index in [4.69, 9.17) is 5.84 Å². The zero-order chi connectivity index (χ0) is 15.2. The van der Waals surface area contributed by atoms with Crippen LogP contribution in [-0.4, -0.2) is 17.3 Å². The van der Waals surface area contributed by atoms with E-state index >= 15 is 0 Å². The van der Waals surface area contributed by atoms with Crippen molar-refractivity contribution in [2.45, 2.75) is 54.5 Å². The van der Waals surface area contributed by atoms with Crippen LogP contribution in [0.2, 0.25) is 0 Å². The van der Waals surface area contributed by atoms with Gasteiger partial charge in [0.05, 0.1) is 6.04 Å². The molecule has 0 fully saturated rings. The second-order valence-electron chi connectivity index (χ2n) is 7.29. The average molecular weight is 329 g/mol. The Hall–Kier alpha value is -0.610. The molecule has 108 valence electrons. The van der Waals surface area contributed by atoms with Gasteiger partial charge < -0.3 is 5.01 Å². The Morgan fingerprint density at radius 1 is 1.21 bits per heavy atom. The van der Waals surface area contributed by atoms with Crippen LogP contribution in [0, 0.1) is 10.8 Å². The number of hydrogen-bond donors (Lipinski definition) is 1. The minimum Gasteiger partial charge on any atom is -0.305 e. The smallest absolute Gasteiger partial charge is 0.148 e. The second kappa shape index (κ2) is 5.06. The summed E-state index contributed by atoms with van der Waals surface area (Å²) in [6.45, 7) is 14.7. The lowest BCUT2D eigenvalue weighted by Gasteiger charge is -2.47. The number of carbonyl (C=O) groups excluding carboxylic acids is 1. The van der Waals surface area contributed by atoms with Gasteiger partial charge in [-0.25, -0.2) is 5.84 Å². The normalized spacial score (nSPS) is 22.2. The highest BCUT2D eigenvalue weighted by atomic mass is 79.9. The SMILES string of the molecule is CC1=C(C=O)C(C(C)(C)C)N(N)C(C(C)(C)C)=C1Br. The number of nitrogens with two attached hydrogens (primary N) is 1. The number of aldehydes is 1. The summed E-state index contributed by atoms with van der Waals surface area (Å²) in [5, 5.41) is 1.76. The van der Waals surface area contributed by atoms with Gasteiger partial charge in [-0.1, -0.05) is 41.5 Å². The molecule has 2 N–H and O–H groups in total. The average Bonchev–Trinajstić information content (AvgIpc) is 2.19. The highest BCUT2D eigenvalue weighted by molar-refractivity contribution is 9.12. The first-order chi connectivity index (χ1) is 8.42. The van der Waals surface area contributed by atoms with Crippen LogP contribution < -0.4 is 5.84 Å². The number of carbonyl (C=O) groups is 1. The molecule has 4 heteroatoms. The van der Waals surface area contributed by atoms with E-state index in [9.17, 15) is 4.79 Å². The van der Waals surface area contributed by atoms with Crippen LogP contribution in [0.15, 0.2) is 21.3 Å². The minimum atomic E-state index is -0.115. The molecule has 1 aliphatic heterocycles. The third-order valence-electron chi connectivity index (χ3n) is 3.46. The van der Waals surface area contributed by atoms with Gasteiger partial charge in [-0.15, -0.1) is 0 Å². The van der Waals surface area contributed by atoms with Crippen molar-refractivity contribution >= 4 is 22.2 Å². The Morgan fingerprint density at radius 3 is 2.00 bits per heavy atom. The van der Waals surface area contributed by atoms with Crippen molar-refractivity contribution in [2.75, 3.05) is 0 Å². The largest absolute Gasteiger partial charge is 0.305 e. The van der Waals surface area contributed by atoms with E-state index in [1.165, 1.54) is 0 Å². The lowest BCUT2D eigenvalue weighted by Crippen LogP contribution is -2.53. The molecule has 0 radical (unpaired) electrons. The molecule has 19 heavy (non-hydrogen) atoms. The van der Waals surface area contributed by atoms with Crippen molar-refractivity contribution in [3.63, 3.8) is 0 Å². The van der Waals surface area contributed by atoms with E-state index in [0.29, 0.717) is 0 Å². The maximum absolute atomic E-state index is 11.5. The van der Waals surface area contributed by atoms with E-state index in [1.807, 2.05) is 6.92 Å². The Kier molecular flexibility index (Phi) is 4.38. The van der Waals surface area contributed by atoms with E-state index in [0.717, 1.165) is 27.6 Å². The lowest BCUT2D eigenvalue weighted by atomic mass is 9.76. The molecule has 0 spiro atoms. The van der Waals surface area contributed by atoms with Gasteiger partial charge in [-0.2, -0.15) is 0 Å². The predicted molar refractivity (Wildman–Crippen MR) is 83.4 cm³/mol. The number of nitrogens with zero attached hydrogens (tertiary/aromatic N) is 1. The maximum atomic E-state index is 11.5. The highest BCUT2D eigenvalue weighted by Crippen LogP contribution is 2.45. The molecule has 0 aromatic heterocycles. The van der Waals surface area contributed by atoms with Crippen LogP contribution in [0.1, 0.15) is 48.5 Å². The molecule has 1 heterocycles. The first kappa shape index (κ1) is 16.4. The van der Waals surface area contributed by atoms with Gasteiger partial charge >= 0.3 is 0 Å². The van der Waals surface area contributed by atoms with Crippen LogP contribution in [0.5, 0.6) is 0 Å². The fraction of sp³-hybridized carbons (Fsp3) is 0.667. The van der Waals surface area contributed by atoms with E-state index in [-0.39, 0.29) is 16.9 Å². The Balaban J connectivity index is 3.57. The van der Waals surface area contributed by atoms with Gasteiger partial charge in [-0.05, 0) is 33.8 Å². The number of halogens is 1. The summed E-state index contributed by atoms with van der Waals surface area (Å²) in [4.78, 5) is 11.5. The van der Waals surface area contributed by atoms with Crippen molar-refractivity contribution in [3.05, 3.63) is 21.3 Å². The van der Waals surface area contributed by atoms with Gasteiger partial charge in [0, 0.05) is 21.2 Å². The standard InChI is InChI=1S/C15H25BrN2O/c1-9-10(8-19)12(14(2,3)4)18(17)13(11(9)16)15(5,6)7/h8,12H,17H2,1-7H3. The molecule has 1 atom stereocenters. The molecule has 3 nitrogen and oxygen atoms in total. The fourth-order valence-electron chi connectivity index (χ4n) is 2.65. The summed E-state index contributed by atoms with van der Waals surface area (Å²) >= 11 is 3.61. The number of hydrazine groups is 1. The van der Waals surface area contributed by atoms with E-state index in [2.05, 4.69) is 57.5 Å². The molecule has 0 aromatic carbocycles. The van der Waals surface area contributed by atoms with Crippen LogP contribution in [0.4, 0.5) is 0 Å². The predicted octanol–water partition coefficient (Wildman–Crippen LogP) is 3.76. The monoisotopic (exact) mass is 328 g/mol. The van der Waals surface area contributed by atoms with Crippen molar-refractivity contribution in [3.8, 4) is 0 Å². The van der Waals surface area contributed by atoms with Crippen LogP contribution in [-0.2, 0) is 4.79 Å². The van der Waals surface area contributed by atoms with Gasteiger partial charge in [0.15, 0.2) is 0 Å². The summed E-state index contributed by atoms with van der Waals surface area (Å²) in [5.74, 6) is 6.37. The molecule has 0 amide bonds. The molecule has 1 unspecified atom stereocenters. The lowest BCUT2D eigenvalue weighted by molar-refractivity contribution is -0.106. The Labute approximate surface area is 125 Å². The zero-order valence-electron chi connectivity index (χ0n) is 13.0. The highest BCUT2D eigenvalue weighted by Gasteiger charge is 2.41. The maximum Gasteiger partial charge on any atom is 0.148 e. The summed E-state index contributed by atoms with van der Waals surface area (Å²) in [7, 11) is 0. The van der Waals surface area contributed by atoms with Crippen LogP contribution >= 0.6 is 15.9 Å². The number of allylic oxidation sites excluding steroid dienone is 3. The number of rotatable bonds is 1. The Bertz CT molecular complexity index is 450. The van der Waals surface area contributed by atoms with E-state index < -0.39 is 0 Å². The second-order valence-corrected chi connectivity index (χ2v) is 8.08. The van der Waals surface area contributed by atoms with Crippen molar-refractivity contribution in [1.82, 2.24) is 5.01 Å². The van der Waals surface area contributed by atoms with Crippen LogP contribution in [0.25, 0.3) is 0 Å².